The molecule has 0 radical (unpaired) electrons. The fraction of sp³-hybridized carbons (Fsp3) is 0.483. The quantitative estimate of drug-likeness (QED) is 0.220. The van der Waals surface area contributed by atoms with Gasteiger partial charge in [0, 0.05) is 31.4 Å². The topological polar surface area (TPSA) is 126 Å². The molecule has 2 atom stereocenters. The van der Waals surface area contributed by atoms with Gasteiger partial charge in [-0.1, -0.05) is 15.3 Å². The second kappa shape index (κ2) is 11.5. The molecule has 1 aromatic carbocycles. The van der Waals surface area contributed by atoms with Gasteiger partial charge in [0.15, 0.2) is 11.2 Å². The first-order valence-electron chi connectivity index (χ1n) is 14.0. The second-order valence-corrected chi connectivity index (χ2v) is 12.2. The molecule has 0 spiro atoms. The molecular weight excluding hydrogens is 558 g/mol. The Morgan fingerprint density at radius 3 is 2.62 bits per heavy atom. The average molecular weight is 597 g/mol. The molecule has 2 aromatic heterocycles. The molecule has 0 bridgehead atoms. The fourth-order valence-corrected chi connectivity index (χ4v) is 5.21. The number of benzene rings is 1. The number of nitrogens with zero attached hydrogens (tertiary/aromatic N) is 7. The van der Waals surface area contributed by atoms with E-state index in [-0.39, 0.29) is 30.8 Å². The van der Waals surface area contributed by atoms with E-state index >= 15 is 0 Å². The van der Waals surface area contributed by atoms with Crippen LogP contribution in [0.1, 0.15) is 63.2 Å². The number of aromatic nitrogens is 5. The smallest absolute Gasteiger partial charge is 0.231 e. The Balaban J connectivity index is 1.50. The minimum atomic E-state index is -1.67. The SMILES string of the molecule is CN=C(OC)C(=C(N)C1CC1)c1nc2n(n1)CCC(=O)N2Cc1ccc(-c2nc(C(C)(F)P)cn2C(C)C)c(OC)c1. The predicted octanol–water partition coefficient (Wildman–Crippen LogP) is 4.44. The maximum Gasteiger partial charge on any atom is 0.231 e. The number of rotatable bonds is 9. The van der Waals surface area contributed by atoms with Crippen LogP contribution in [0.2, 0.25) is 0 Å². The molecule has 2 unspecified atom stereocenters. The van der Waals surface area contributed by atoms with Gasteiger partial charge in [-0.05, 0) is 57.2 Å². The molecule has 224 valence electrons. The third-order valence-electron chi connectivity index (χ3n) is 7.51. The molecule has 2 aliphatic rings. The van der Waals surface area contributed by atoms with Gasteiger partial charge in [-0.2, -0.15) is 4.98 Å². The molecule has 0 saturated heterocycles. The summed E-state index contributed by atoms with van der Waals surface area (Å²) in [6.07, 6.45) is 4.01. The molecule has 5 rings (SSSR count). The number of aliphatic imine (C=N–C) groups is 1. The molecule has 1 fully saturated rings. The van der Waals surface area contributed by atoms with Crippen molar-refractivity contribution >= 4 is 32.6 Å². The third-order valence-corrected chi connectivity index (χ3v) is 7.80. The number of ether oxygens (including phenoxy) is 2. The molecule has 2 N–H and O–H groups in total. The summed E-state index contributed by atoms with van der Waals surface area (Å²) >= 11 is 0. The van der Waals surface area contributed by atoms with Crippen LogP contribution in [0.5, 0.6) is 5.75 Å². The lowest BCUT2D eigenvalue weighted by atomic mass is 10.1. The van der Waals surface area contributed by atoms with Crippen LogP contribution in [0.15, 0.2) is 35.1 Å². The van der Waals surface area contributed by atoms with Gasteiger partial charge in [-0.3, -0.25) is 14.7 Å². The molecule has 3 heterocycles. The van der Waals surface area contributed by atoms with Crippen LogP contribution in [0.25, 0.3) is 17.0 Å². The second-order valence-electron chi connectivity index (χ2n) is 11.1. The van der Waals surface area contributed by atoms with E-state index in [1.807, 2.05) is 36.6 Å². The molecule has 1 saturated carbocycles. The van der Waals surface area contributed by atoms with Gasteiger partial charge in [0.25, 0.3) is 0 Å². The number of hydrogen-bond acceptors (Lipinski definition) is 8. The average Bonchev–Trinajstić information content (AvgIpc) is 3.55. The first-order chi connectivity index (χ1) is 20.0. The number of fused-ring (bicyclic) bond motifs is 1. The zero-order valence-electron chi connectivity index (χ0n) is 24.9. The summed E-state index contributed by atoms with van der Waals surface area (Å²) in [5.41, 5.74) is 9.59. The van der Waals surface area contributed by atoms with E-state index < -0.39 is 5.41 Å². The number of halogens is 1. The molecule has 1 amide bonds. The van der Waals surface area contributed by atoms with E-state index in [1.54, 1.807) is 29.9 Å². The van der Waals surface area contributed by atoms with Crippen LogP contribution >= 0.6 is 9.24 Å². The Kier molecular flexibility index (Phi) is 8.11. The number of allylic oxidation sites excluding steroid dienone is 1. The summed E-state index contributed by atoms with van der Waals surface area (Å²) in [4.78, 5) is 28.4. The summed E-state index contributed by atoms with van der Waals surface area (Å²) in [6.45, 7) is 6.15. The van der Waals surface area contributed by atoms with Crippen molar-refractivity contribution in [2.75, 3.05) is 26.2 Å². The highest BCUT2D eigenvalue weighted by molar-refractivity contribution is 7.18. The van der Waals surface area contributed by atoms with Crippen LogP contribution in [0.3, 0.4) is 0 Å². The van der Waals surface area contributed by atoms with E-state index in [2.05, 4.69) is 19.2 Å². The number of imidazole rings is 1. The van der Waals surface area contributed by atoms with Crippen LogP contribution in [0.4, 0.5) is 10.3 Å². The fourth-order valence-electron chi connectivity index (χ4n) is 5.07. The van der Waals surface area contributed by atoms with Crippen LogP contribution in [-0.2, 0) is 28.0 Å². The van der Waals surface area contributed by atoms with Crippen molar-refractivity contribution in [2.24, 2.45) is 16.6 Å². The van der Waals surface area contributed by atoms with Crippen molar-refractivity contribution in [1.29, 1.82) is 0 Å². The number of carbonyl (C=O) groups is 1. The minimum Gasteiger partial charge on any atom is -0.496 e. The number of anilines is 1. The summed E-state index contributed by atoms with van der Waals surface area (Å²) in [6, 6.07) is 5.73. The Bertz CT molecular complexity index is 1560. The van der Waals surface area contributed by atoms with E-state index in [9.17, 15) is 9.18 Å². The van der Waals surface area contributed by atoms with Gasteiger partial charge in [0.1, 0.15) is 17.1 Å². The monoisotopic (exact) mass is 596 g/mol. The van der Waals surface area contributed by atoms with E-state index in [1.165, 1.54) is 14.0 Å². The van der Waals surface area contributed by atoms with E-state index in [0.29, 0.717) is 52.8 Å². The largest absolute Gasteiger partial charge is 0.496 e. The normalized spacial score (nSPS) is 17.7. The van der Waals surface area contributed by atoms with Crippen molar-refractivity contribution < 1.29 is 18.7 Å². The lowest BCUT2D eigenvalue weighted by Gasteiger charge is -2.26. The first-order valence-corrected chi connectivity index (χ1v) is 14.5. The number of aryl methyl sites for hydroxylation is 1. The Hall–Kier alpha value is -3.79. The van der Waals surface area contributed by atoms with Crippen molar-refractivity contribution in [1.82, 2.24) is 24.3 Å². The zero-order valence-corrected chi connectivity index (χ0v) is 26.0. The molecule has 11 nitrogen and oxygen atoms in total. The van der Waals surface area contributed by atoms with Crippen LogP contribution < -0.4 is 15.4 Å². The maximum atomic E-state index is 14.8. The van der Waals surface area contributed by atoms with Gasteiger partial charge in [0.05, 0.1) is 38.6 Å². The first kappa shape index (κ1) is 29.7. The third kappa shape index (κ3) is 5.64. The lowest BCUT2D eigenvalue weighted by Crippen LogP contribution is -2.37. The molecule has 42 heavy (non-hydrogen) atoms. The zero-order chi connectivity index (χ0) is 30.3. The number of hydrogen-bond donors (Lipinski definition) is 1. The lowest BCUT2D eigenvalue weighted by molar-refractivity contribution is -0.119. The van der Waals surface area contributed by atoms with Crippen LogP contribution in [-0.4, -0.2) is 57.4 Å². The molecular formula is C29H38FN8O3P. The van der Waals surface area contributed by atoms with Gasteiger partial charge in [-0.25, -0.2) is 14.1 Å². The number of methoxy groups -OCH3 is 2. The van der Waals surface area contributed by atoms with E-state index in [0.717, 1.165) is 24.0 Å². The predicted molar refractivity (Wildman–Crippen MR) is 163 cm³/mol. The highest BCUT2D eigenvalue weighted by Gasteiger charge is 2.34. The number of nitrogens with two attached hydrogens (primary N) is 1. The van der Waals surface area contributed by atoms with Crippen LogP contribution in [0, 0.1) is 5.92 Å². The highest BCUT2D eigenvalue weighted by Crippen LogP contribution is 2.39. The summed E-state index contributed by atoms with van der Waals surface area (Å²) in [7, 11) is 6.95. The highest BCUT2D eigenvalue weighted by atomic mass is 31.0. The minimum absolute atomic E-state index is 0.0498. The number of alkyl halides is 1. The van der Waals surface area contributed by atoms with Gasteiger partial charge in [-0.15, -0.1) is 5.10 Å². The van der Waals surface area contributed by atoms with Gasteiger partial charge < -0.3 is 19.8 Å². The standard InChI is InChI=1S/C29H38FN8O3P/c1-16(2)36-15-21(29(3,30)42)33-26(36)19-10-7-17(13-20(19)40-5)14-37-22(39)11-12-38-28(37)34-25(35-38)23(27(32-4)41-6)24(31)18-8-9-18/h7,10,13,15-16,18H,8-9,11-12,14,31,42H2,1-6H3. The maximum absolute atomic E-state index is 14.8. The summed E-state index contributed by atoms with van der Waals surface area (Å²) in [5, 5.41) is 3.04. The van der Waals surface area contributed by atoms with Gasteiger partial charge in [0.2, 0.25) is 17.8 Å². The molecule has 13 heteroatoms. The summed E-state index contributed by atoms with van der Waals surface area (Å²) in [5.74, 6) is 2.52. The Labute approximate surface area is 247 Å². The summed E-state index contributed by atoms with van der Waals surface area (Å²) < 4.78 is 29.7. The number of amides is 1. The Morgan fingerprint density at radius 1 is 1.29 bits per heavy atom. The van der Waals surface area contributed by atoms with Crippen molar-refractivity contribution in [3.8, 4) is 17.1 Å². The number of carbonyl (C=O) groups excluding carboxylic acids is 1. The molecule has 1 aliphatic carbocycles. The Morgan fingerprint density at radius 2 is 2.02 bits per heavy atom. The van der Waals surface area contributed by atoms with Crippen molar-refractivity contribution in [2.45, 2.75) is 64.6 Å². The van der Waals surface area contributed by atoms with Crippen molar-refractivity contribution in [3.05, 3.63) is 47.2 Å². The molecule has 3 aromatic rings. The molecule has 1 aliphatic heterocycles. The van der Waals surface area contributed by atoms with E-state index in [4.69, 9.17) is 25.3 Å². The van der Waals surface area contributed by atoms with Crippen molar-refractivity contribution in [3.63, 3.8) is 0 Å². The van der Waals surface area contributed by atoms with Gasteiger partial charge >= 0.3 is 0 Å².